The van der Waals surface area contributed by atoms with Gasteiger partial charge < -0.3 is 5.32 Å². The molecule has 0 bridgehead atoms. The standard InChI is InChI=1S/C15H16BrClN2/c1-3-19-15(11-6-10(2)8-18-9-11)13-7-12(17)4-5-14(13)16/h4-9,15,19H,3H2,1-2H3. The van der Waals surface area contributed by atoms with Crippen molar-refractivity contribution in [3.05, 3.63) is 62.8 Å². The third-order valence-corrected chi connectivity index (χ3v) is 3.86. The van der Waals surface area contributed by atoms with E-state index in [1.807, 2.05) is 37.5 Å². The van der Waals surface area contributed by atoms with Gasteiger partial charge >= 0.3 is 0 Å². The zero-order valence-corrected chi connectivity index (χ0v) is 13.3. The van der Waals surface area contributed by atoms with Crippen molar-refractivity contribution in [3.63, 3.8) is 0 Å². The van der Waals surface area contributed by atoms with Crippen LogP contribution in [0.1, 0.15) is 29.7 Å². The summed E-state index contributed by atoms with van der Waals surface area (Å²) in [5.41, 5.74) is 3.42. The molecule has 2 nitrogen and oxygen atoms in total. The molecule has 0 saturated heterocycles. The van der Waals surface area contributed by atoms with Crippen LogP contribution in [-0.4, -0.2) is 11.5 Å². The van der Waals surface area contributed by atoms with E-state index in [-0.39, 0.29) is 6.04 Å². The van der Waals surface area contributed by atoms with E-state index >= 15 is 0 Å². The number of benzene rings is 1. The van der Waals surface area contributed by atoms with Gasteiger partial charge in [0, 0.05) is 21.9 Å². The quantitative estimate of drug-likeness (QED) is 0.887. The third-order valence-electron chi connectivity index (χ3n) is 2.91. The van der Waals surface area contributed by atoms with Crippen LogP contribution < -0.4 is 5.32 Å². The summed E-state index contributed by atoms with van der Waals surface area (Å²) < 4.78 is 1.05. The highest BCUT2D eigenvalue weighted by atomic mass is 79.9. The number of nitrogens with zero attached hydrogens (tertiary/aromatic N) is 1. The van der Waals surface area contributed by atoms with Gasteiger partial charge in [0.05, 0.1) is 6.04 Å². The molecule has 1 atom stereocenters. The molecule has 0 aliphatic heterocycles. The summed E-state index contributed by atoms with van der Waals surface area (Å²) in [4.78, 5) is 4.28. The predicted octanol–water partition coefficient (Wildman–Crippen LogP) is 4.50. The number of hydrogen-bond donors (Lipinski definition) is 1. The van der Waals surface area contributed by atoms with Crippen molar-refractivity contribution in [2.75, 3.05) is 6.54 Å². The minimum Gasteiger partial charge on any atom is -0.306 e. The van der Waals surface area contributed by atoms with Gasteiger partial charge in [-0.3, -0.25) is 4.98 Å². The summed E-state index contributed by atoms with van der Waals surface area (Å²) in [7, 11) is 0. The predicted molar refractivity (Wildman–Crippen MR) is 83.6 cm³/mol. The lowest BCUT2D eigenvalue weighted by molar-refractivity contribution is 0.626. The Balaban J connectivity index is 2.48. The average molecular weight is 340 g/mol. The van der Waals surface area contributed by atoms with Gasteiger partial charge in [-0.15, -0.1) is 0 Å². The Hall–Kier alpha value is -0.900. The topological polar surface area (TPSA) is 24.9 Å². The minimum absolute atomic E-state index is 0.0884. The zero-order chi connectivity index (χ0) is 13.8. The second-order valence-electron chi connectivity index (χ2n) is 4.45. The first-order chi connectivity index (χ1) is 9.11. The van der Waals surface area contributed by atoms with Crippen LogP contribution >= 0.6 is 27.5 Å². The highest BCUT2D eigenvalue weighted by Gasteiger charge is 2.16. The van der Waals surface area contributed by atoms with Gasteiger partial charge in [-0.05, 0) is 48.4 Å². The van der Waals surface area contributed by atoms with Gasteiger partial charge in [0.15, 0.2) is 0 Å². The molecule has 0 saturated carbocycles. The van der Waals surface area contributed by atoms with Crippen molar-refractivity contribution in [3.8, 4) is 0 Å². The Morgan fingerprint density at radius 3 is 2.79 bits per heavy atom. The smallest absolute Gasteiger partial charge is 0.0603 e. The van der Waals surface area contributed by atoms with Crippen LogP contribution in [0, 0.1) is 6.92 Å². The van der Waals surface area contributed by atoms with E-state index in [2.05, 4.69) is 39.2 Å². The van der Waals surface area contributed by atoms with E-state index in [1.54, 1.807) is 0 Å². The summed E-state index contributed by atoms with van der Waals surface area (Å²) in [6.07, 6.45) is 3.76. The molecule has 1 unspecified atom stereocenters. The molecular formula is C15H16BrClN2. The lowest BCUT2D eigenvalue weighted by Crippen LogP contribution is -2.22. The van der Waals surface area contributed by atoms with Gasteiger partial charge in [0.25, 0.3) is 0 Å². The fourth-order valence-corrected chi connectivity index (χ4v) is 2.74. The largest absolute Gasteiger partial charge is 0.306 e. The molecule has 4 heteroatoms. The molecule has 0 aliphatic carbocycles. The Kier molecular flexibility index (Phi) is 4.97. The Morgan fingerprint density at radius 1 is 1.32 bits per heavy atom. The van der Waals surface area contributed by atoms with E-state index in [9.17, 15) is 0 Å². The molecule has 0 spiro atoms. The van der Waals surface area contributed by atoms with E-state index in [0.29, 0.717) is 0 Å². The Bertz CT molecular complexity index is 572. The van der Waals surface area contributed by atoms with Crippen molar-refractivity contribution in [2.24, 2.45) is 0 Å². The number of aryl methyl sites for hydroxylation is 1. The Morgan fingerprint density at radius 2 is 2.11 bits per heavy atom. The van der Waals surface area contributed by atoms with E-state index in [1.165, 1.54) is 0 Å². The molecule has 0 radical (unpaired) electrons. The van der Waals surface area contributed by atoms with Crippen molar-refractivity contribution in [1.82, 2.24) is 10.3 Å². The summed E-state index contributed by atoms with van der Waals surface area (Å²) >= 11 is 9.71. The molecular weight excluding hydrogens is 324 g/mol. The zero-order valence-electron chi connectivity index (χ0n) is 11.0. The fraction of sp³-hybridized carbons (Fsp3) is 0.267. The van der Waals surface area contributed by atoms with Crippen molar-refractivity contribution >= 4 is 27.5 Å². The molecule has 1 aromatic carbocycles. The van der Waals surface area contributed by atoms with Crippen LogP contribution in [0.4, 0.5) is 0 Å². The molecule has 1 N–H and O–H groups in total. The fourth-order valence-electron chi connectivity index (χ4n) is 2.08. The molecule has 0 amide bonds. The Labute approximate surface area is 127 Å². The minimum atomic E-state index is 0.0884. The van der Waals surface area contributed by atoms with Crippen molar-refractivity contribution < 1.29 is 0 Å². The highest BCUT2D eigenvalue weighted by molar-refractivity contribution is 9.10. The molecule has 1 heterocycles. The van der Waals surface area contributed by atoms with Crippen LogP contribution in [0.25, 0.3) is 0 Å². The number of aromatic nitrogens is 1. The highest BCUT2D eigenvalue weighted by Crippen LogP contribution is 2.30. The van der Waals surface area contributed by atoms with Crippen LogP contribution in [0.5, 0.6) is 0 Å². The second kappa shape index (κ2) is 6.51. The maximum Gasteiger partial charge on any atom is 0.0603 e. The first kappa shape index (κ1) is 14.5. The SMILES string of the molecule is CCNC(c1cncc(C)c1)c1cc(Cl)ccc1Br. The second-order valence-corrected chi connectivity index (χ2v) is 5.74. The van der Waals surface area contributed by atoms with E-state index in [0.717, 1.165) is 32.7 Å². The van der Waals surface area contributed by atoms with Gasteiger partial charge in [-0.2, -0.15) is 0 Å². The van der Waals surface area contributed by atoms with Crippen LogP contribution in [-0.2, 0) is 0 Å². The lowest BCUT2D eigenvalue weighted by Gasteiger charge is -2.20. The molecule has 2 rings (SSSR count). The maximum atomic E-state index is 6.12. The monoisotopic (exact) mass is 338 g/mol. The van der Waals surface area contributed by atoms with Gasteiger partial charge in [0.1, 0.15) is 0 Å². The van der Waals surface area contributed by atoms with Gasteiger partial charge in [-0.1, -0.05) is 40.5 Å². The number of halogens is 2. The van der Waals surface area contributed by atoms with E-state index < -0.39 is 0 Å². The first-order valence-corrected chi connectivity index (χ1v) is 7.38. The summed E-state index contributed by atoms with van der Waals surface area (Å²) in [5.74, 6) is 0. The summed E-state index contributed by atoms with van der Waals surface area (Å²) in [6.45, 7) is 5.01. The molecule has 1 aromatic heterocycles. The third kappa shape index (κ3) is 3.56. The first-order valence-electron chi connectivity index (χ1n) is 6.21. The normalized spacial score (nSPS) is 12.4. The molecule has 2 aromatic rings. The van der Waals surface area contributed by atoms with Gasteiger partial charge in [0.2, 0.25) is 0 Å². The summed E-state index contributed by atoms with van der Waals surface area (Å²) in [6, 6.07) is 8.08. The van der Waals surface area contributed by atoms with Crippen molar-refractivity contribution in [2.45, 2.75) is 19.9 Å². The lowest BCUT2D eigenvalue weighted by atomic mass is 9.99. The number of hydrogen-bond acceptors (Lipinski definition) is 2. The molecule has 19 heavy (non-hydrogen) atoms. The molecule has 100 valence electrons. The van der Waals surface area contributed by atoms with Crippen LogP contribution in [0.3, 0.4) is 0 Å². The average Bonchev–Trinajstić information content (AvgIpc) is 2.39. The van der Waals surface area contributed by atoms with E-state index in [4.69, 9.17) is 11.6 Å². The maximum absolute atomic E-state index is 6.12. The molecule has 0 aliphatic rings. The number of rotatable bonds is 4. The van der Waals surface area contributed by atoms with Crippen LogP contribution in [0.15, 0.2) is 41.1 Å². The van der Waals surface area contributed by atoms with Crippen LogP contribution in [0.2, 0.25) is 5.02 Å². The van der Waals surface area contributed by atoms with Crippen molar-refractivity contribution in [1.29, 1.82) is 0 Å². The van der Waals surface area contributed by atoms with Gasteiger partial charge in [-0.25, -0.2) is 0 Å². The number of pyridine rings is 1. The summed E-state index contributed by atoms with van der Waals surface area (Å²) in [5, 5.41) is 4.22. The molecule has 0 fully saturated rings. The number of nitrogens with one attached hydrogen (secondary N) is 1.